The summed E-state index contributed by atoms with van der Waals surface area (Å²) in [4.78, 5) is 0.146. The van der Waals surface area contributed by atoms with Crippen molar-refractivity contribution in [2.45, 2.75) is 25.3 Å². The predicted octanol–water partition coefficient (Wildman–Crippen LogP) is 3.47. The number of aromatic nitrogens is 3. The second kappa shape index (κ2) is 7.28. The molecule has 0 fully saturated rings. The number of anilines is 1. The lowest BCUT2D eigenvalue weighted by molar-refractivity contribution is 0.174. The van der Waals surface area contributed by atoms with Crippen LogP contribution in [0.1, 0.15) is 17.0 Å². The van der Waals surface area contributed by atoms with Gasteiger partial charge in [-0.15, -0.1) is 10.2 Å². The fourth-order valence-electron chi connectivity index (χ4n) is 3.48. The third-order valence-electron chi connectivity index (χ3n) is 5.22. The zero-order chi connectivity index (χ0) is 21.6. The van der Waals surface area contributed by atoms with Crippen LogP contribution in [0.5, 0.6) is 11.5 Å². The van der Waals surface area contributed by atoms with E-state index in [-0.39, 0.29) is 18.2 Å². The van der Waals surface area contributed by atoms with Crippen molar-refractivity contribution in [2.24, 2.45) is 0 Å². The summed E-state index contributed by atoms with van der Waals surface area (Å²) in [6.07, 6.45) is 1.55. The van der Waals surface area contributed by atoms with E-state index in [0.717, 1.165) is 11.1 Å². The molecular formula is C22H20N4O4S. The summed E-state index contributed by atoms with van der Waals surface area (Å²) >= 11 is 0. The number of benzene rings is 2. The maximum Gasteiger partial charge on any atom is 0.266 e. The highest BCUT2D eigenvalue weighted by atomic mass is 32.2. The number of hydrogen-bond donors (Lipinski definition) is 0. The van der Waals surface area contributed by atoms with Gasteiger partial charge in [0.15, 0.2) is 17.1 Å². The van der Waals surface area contributed by atoms with Crippen LogP contribution in [0.4, 0.5) is 5.69 Å². The van der Waals surface area contributed by atoms with E-state index in [1.54, 1.807) is 47.9 Å². The Balaban J connectivity index is 1.62. The van der Waals surface area contributed by atoms with Crippen molar-refractivity contribution >= 4 is 21.4 Å². The van der Waals surface area contributed by atoms with Gasteiger partial charge in [-0.3, -0.25) is 8.71 Å². The van der Waals surface area contributed by atoms with Crippen molar-refractivity contribution in [1.29, 1.82) is 0 Å². The standard InChI is InChI=1S/C22H20N4O4S/c1-15-3-5-17(6-4-15)12-26(18-7-9-20-21(11-18)30-14-29-20)31(27,28)19-8-10-22-24-23-16(2)25(22)13-19/h3-11,13H,12,14H2,1-2H3. The van der Waals surface area contributed by atoms with Gasteiger partial charge in [-0.1, -0.05) is 29.8 Å². The largest absolute Gasteiger partial charge is 0.454 e. The Morgan fingerprint density at radius 1 is 0.968 bits per heavy atom. The first-order chi connectivity index (χ1) is 14.9. The topological polar surface area (TPSA) is 86.0 Å². The molecule has 0 aliphatic carbocycles. The summed E-state index contributed by atoms with van der Waals surface area (Å²) in [6, 6.07) is 16.1. The molecule has 1 aliphatic heterocycles. The van der Waals surface area contributed by atoms with Crippen molar-refractivity contribution in [3.63, 3.8) is 0 Å². The molecule has 0 atom stereocenters. The van der Waals surface area contributed by atoms with Crippen LogP contribution in [0.2, 0.25) is 0 Å². The number of aryl methyl sites for hydroxylation is 2. The fraction of sp³-hybridized carbons (Fsp3) is 0.182. The molecule has 5 rings (SSSR count). The highest BCUT2D eigenvalue weighted by Crippen LogP contribution is 2.37. The number of fused-ring (bicyclic) bond motifs is 2. The minimum Gasteiger partial charge on any atom is -0.454 e. The predicted molar refractivity (Wildman–Crippen MR) is 115 cm³/mol. The molecule has 0 bridgehead atoms. The van der Waals surface area contributed by atoms with E-state index in [1.165, 1.54) is 4.31 Å². The fourth-order valence-corrected chi connectivity index (χ4v) is 4.92. The van der Waals surface area contributed by atoms with Crippen molar-refractivity contribution in [1.82, 2.24) is 14.6 Å². The molecule has 0 spiro atoms. The molecule has 158 valence electrons. The molecule has 0 saturated carbocycles. The molecule has 2 aromatic heterocycles. The van der Waals surface area contributed by atoms with Gasteiger partial charge in [-0.2, -0.15) is 0 Å². The van der Waals surface area contributed by atoms with E-state index in [1.807, 2.05) is 31.2 Å². The van der Waals surface area contributed by atoms with E-state index in [0.29, 0.717) is 28.7 Å². The lowest BCUT2D eigenvalue weighted by Gasteiger charge is -2.25. The molecule has 1 aliphatic rings. The Hall–Kier alpha value is -3.59. The van der Waals surface area contributed by atoms with Gasteiger partial charge < -0.3 is 9.47 Å². The van der Waals surface area contributed by atoms with Crippen LogP contribution in [-0.4, -0.2) is 29.8 Å². The van der Waals surface area contributed by atoms with Gasteiger partial charge in [-0.25, -0.2) is 8.42 Å². The van der Waals surface area contributed by atoms with E-state index >= 15 is 0 Å². The Bertz CT molecular complexity index is 1380. The quantitative estimate of drug-likeness (QED) is 0.476. The number of sulfonamides is 1. The zero-order valence-electron chi connectivity index (χ0n) is 17.0. The molecule has 0 N–H and O–H groups in total. The summed E-state index contributed by atoms with van der Waals surface area (Å²) in [6.45, 7) is 4.06. The van der Waals surface area contributed by atoms with Gasteiger partial charge in [0.2, 0.25) is 6.79 Å². The highest BCUT2D eigenvalue weighted by molar-refractivity contribution is 7.92. The van der Waals surface area contributed by atoms with Crippen LogP contribution in [0, 0.1) is 13.8 Å². The number of nitrogens with zero attached hydrogens (tertiary/aromatic N) is 4. The van der Waals surface area contributed by atoms with Crippen LogP contribution in [0.15, 0.2) is 65.7 Å². The van der Waals surface area contributed by atoms with Gasteiger partial charge >= 0.3 is 0 Å². The minimum atomic E-state index is -3.91. The summed E-state index contributed by atoms with van der Waals surface area (Å²) in [5.41, 5.74) is 3.05. The average molecular weight is 436 g/mol. The number of ether oxygens (including phenoxy) is 2. The first-order valence-electron chi connectivity index (χ1n) is 9.71. The first kappa shape index (κ1) is 19.4. The Labute approximate surface area is 179 Å². The minimum absolute atomic E-state index is 0.118. The van der Waals surface area contributed by atoms with E-state index in [9.17, 15) is 8.42 Å². The Morgan fingerprint density at radius 3 is 2.55 bits per heavy atom. The lowest BCUT2D eigenvalue weighted by atomic mass is 10.1. The number of hydrogen-bond acceptors (Lipinski definition) is 6. The maximum absolute atomic E-state index is 13.8. The van der Waals surface area contributed by atoms with Gasteiger partial charge in [0.1, 0.15) is 10.7 Å². The van der Waals surface area contributed by atoms with Gasteiger partial charge in [-0.05, 0) is 43.7 Å². The number of rotatable bonds is 5. The molecule has 8 nitrogen and oxygen atoms in total. The van der Waals surface area contributed by atoms with Gasteiger partial charge in [0.05, 0.1) is 12.2 Å². The summed E-state index contributed by atoms with van der Waals surface area (Å²) < 4.78 is 41.5. The molecule has 0 radical (unpaired) electrons. The molecule has 31 heavy (non-hydrogen) atoms. The van der Waals surface area contributed by atoms with E-state index in [2.05, 4.69) is 10.2 Å². The summed E-state index contributed by atoms with van der Waals surface area (Å²) in [5.74, 6) is 1.73. The zero-order valence-corrected chi connectivity index (χ0v) is 17.8. The van der Waals surface area contributed by atoms with Gasteiger partial charge in [0.25, 0.3) is 10.0 Å². The smallest absolute Gasteiger partial charge is 0.266 e. The SMILES string of the molecule is Cc1ccc(CN(c2ccc3c(c2)OCO3)S(=O)(=O)c2ccc3nnc(C)n3c2)cc1. The Morgan fingerprint density at radius 2 is 1.74 bits per heavy atom. The molecule has 0 saturated heterocycles. The van der Waals surface area contributed by atoms with Crippen LogP contribution in [0.25, 0.3) is 5.65 Å². The van der Waals surface area contributed by atoms with Crippen molar-refractivity contribution in [3.05, 3.63) is 77.7 Å². The van der Waals surface area contributed by atoms with Crippen LogP contribution in [-0.2, 0) is 16.6 Å². The monoisotopic (exact) mass is 436 g/mol. The van der Waals surface area contributed by atoms with Crippen molar-refractivity contribution in [2.75, 3.05) is 11.1 Å². The van der Waals surface area contributed by atoms with Crippen molar-refractivity contribution < 1.29 is 17.9 Å². The molecule has 0 amide bonds. The van der Waals surface area contributed by atoms with Crippen LogP contribution >= 0.6 is 0 Å². The molecule has 2 aromatic carbocycles. The normalized spacial score (nSPS) is 13.0. The van der Waals surface area contributed by atoms with Gasteiger partial charge in [0, 0.05) is 12.3 Å². The highest BCUT2D eigenvalue weighted by Gasteiger charge is 2.28. The molecule has 3 heterocycles. The third-order valence-corrected chi connectivity index (χ3v) is 6.98. The molecule has 4 aromatic rings. The van der Waals surface area contributed by atoms with E-state index < -0.39 is 10.0 Å². The van der Waals surface area contributed by atoms with E-state index in [4.69, 9.17) is 9.47 Å². The maximum atomic E-state index is 13.8. The molecular weight excluding hydrogens is 416 g/mol. The van der Waals surface area contributed by atoms with Crippen LogP contribution < -0.4 is 13.8 Å². The molecule has 9 heteroatoms. The lowest BCUT2D eigenvalue weighted by Crippen LogP contribution is -2.30. The van der Waals surface area contributed by atoms with Crippen LogP contribution in [0.3, 0.4) is 0 Å². The third kappa shape index (κ3) is 3.46. The van der Waals surface area contributed by atoms with Crippen molar-refractivity contribution in [3.8, 4) is 11.5 Å². The first-order valence-corrected chi connectivity index (χ1v) is 11.2. The summed E-state index contributed by atoms with van der Waals surface area (Å²) in [5, 5.41) is 8.05. The molecule has 0 unspecified atom stereocenters. The second-order valence-electron chi connectivity index (χ2n) is 7.38. The second-order valence-corrected chi connectivity index (χ2v) is 9.24. The average Bonchev–Trinajstić information content (AvgIpc) is 3.39. The number of pyridine rings is 1. The Kier molecular flexibility index (Phi) is 4.55. The summed E-state index contributed by atoms with van der Waals surface area (Å²) in [7, 11) is -3.91.